The molecule has 0 unspecified atom stereocenters. The van der Waals surface area contributed by atoms with Crippen molar-refractivity contribution < 1.29 is 51.1 Å². The molecule has 20 heteroatoms. The summed E-state index contributed by atoms with van der Waals surface area (Å²) in [5, 5.41) is 7.85. The molecule has 6 aromatic rings. The molecule has 0 saturated carbocycles. The summed E-state index contributed by atoms with van der Waals surface area (Å²) in [5.74, 6) is -2.76. The summed E-state index contributed by atoms with van der Waals surface area (Å²) in [6.07, 6.45) is 5.92. The molecule has 2 atom stereocenters. The Morgan fingerprint density at radius 2 is 1.13 bits per heavy atom. The van der Waals surface area contributed by atoms with E-state index in [0.717, 1.165) is 33.2 Å². The van der Waals surface area contributed by atoms with E-state index >= 15 is 0 Å². The first kappa shape index (κ1) is 66.1. The van der Waals surface area contributed by atoms with Crippen LogP contribution in [-0.2, 0) is 68.0 Å². The van der Waals surface area contributed by atoms with Gasteiger partial charge in [-0.3, -0.25) is 33.7 Å². The molecule has 8 rings (SSSR count). The summed E-state index contributed by atoms with van der Waals surface area (Å²) in [6, 6.07) is 37.4. The second-order valence-corrected chi connectivity index (χ2v) is 23.9. The normalized spacial score (nSPS) is 14.4. The number of rotatable bonds is 27. The van der Waals surface area contributed by atoms with Gasteiger partial charge in [0.15, 0.2) is 0 Å². The fourth-order valence-electron chi connectivity index (χ4n) is 10.6. The van der Waals surface area contributed by atoms with Gasteiger partial charge in [0.25, 0.3) is 0 Å². The zero-order chi connectivity index (χ0) is 62.3. The van der Waals surface area contributed by atoms with Crippen LogP contribution in [0.2, 0.25) is 0 Å². The van der Waals surface area contributed by atoms with Crippen molar-refractivity contribution in [3.8, 4) is 0 Å². The van der Waals surface area contributed by atoms with Crippen LogP contribution in [-0.4, -0.2) is 143 Å². The molecule has 2 aliphatic rings. The Kier molecular flexibility index (Phi) is 25.0. The van der Waals surface area contributed by atoms with E-state index < -0.39 is 33.8 Å². The third-order valence-corrected chi connectivity index (χ3v) is 17.4. The highest BCUT2D eigenvalue weighted by Gasteiger charge is 2.35. The molecule has 2 saturated heterocycles. The van der Waals surface area contributed by atoms with Crippen molar-refractivity contribution in [2.24, 2.45) is 11.8 Å². The molecule has 0 radical (unpaired) electrons. The maximum absolute atomic E-state index is 13.8. The molecule has 5 aromatic carbocycles. The molecule has 2 N–H and O–H groups in total. The minimum absolute atomic E-state index is 0.00249. The molecule has 462 valence electrons. The van der Waals surface area contributed by atoms with E-state index in [9.17, 15) is 42.0 Å². The molecule has 4 amide bonds. The minimum Gasteiger partial charge on any atom is -0.461 e. The lowest BCUT2D eigenvalue weighted by molar-refractivity contribution is -0.150. The highest BCUT2D eigenvalue weighted by molar-refractivity contribution is 7.89. The van der Waals surface area contributed by atoms with Crippen LogP contribution in [0.25, 0.3) is 21.7 Å². The topological polar surface area (TPSA) is 225 Å². The number of hydrogen-bond acceptors (Lipinski definition) is 14. The molecule has 2 fully saturated rings. The van der Waals surface area contributed by atoms with E-state index in [1.165, 1.54) is 16.5 Å². The van der Waals surface area contributed by atoms with E-state index in [1.54, 1.807) is 21.9 Å². The fourth-order valence-corrected chi connectivity index (χ4v) is 12.3. The third kappa shape index (κ3) is 19.5. The molecule has 19 nitrogen and oxygen atoms in total. The fraction of sp³-hybridized carbons (Fsp3) is 0.388. The van der Waals surface area contributed by atoms with Crippen LogP contribution in [0.3, 0.4) is 0 Å². The molecule has 0 spiro atoms. The number of esters is 2. The summed E-state index contributed by atoms with van der Waals surface area (Å²) >= 11 is 0. The van der Waals surface area contributed by atoms with E-state index in [-0.39, 0.29) is 86.4 Å². The number of carbonyl (C=O) groups excluding carboxylic acids is 6. The van der Waals surface area contributed by atoms with Gasteiger partial charge in [-0.1, -0.05) is 123 Å². The number of aryl methyl sites for hydroxylation is 1. The average Bonchev–Trinajstić information content (AvgIpc) is 1.31. The lowest BCUT2D eigenvalue weighted by Gasteiger charge is -2.36. The van der Waals surface area contributed by atoms with Gasteiger partial charge in [-0.2, -0.15) is 4.31 Å². The van der Waals surface area contributed by atoms with E-state index in [0.29, 0.717) is 101 Å². The highest BCUT2D eigenvalue weighted by atomic mass is 32.2. The Hall–Kier alpha value is -8.46. The Labute approximate surface area is 510 Å². The maximum atomic E-state index is 13.8. The summed E-state index contributed by atoms with van der Waals surface area (Å²) in [5.41, 5.74) is 4.53. The Morgan fingerprint density at radius 3 is 1.64 bits per heavy atom. The minimum atomic E-state index is -3.82. The predicted octanol–water partition coefficient (Wildman–Crippen LogP) is 7.93. The third-order valence-electron chi connectivity index (χ3n) is 15.5. The first-order valence-electron chi connectivity index (χ1n) is 29.7. The number of sulfonamides is 1. The zero-order valence-electron chi connectivity index (χ0n) is 50.2. The van der Waals surface area contributed by atoms with Gasteiger partial charge < -0.3 is 39.2 Å². The quantitative estimate of drug-likeness (QED) is 0.0216. The van der Waals surface area contributed by atoms with Crippen LogP contribution in [0.15, 0.2) is 161 Å². The van der Waals surface area contributed by atoms with Gasteiger partial charge in [-0.15, -0.1) is 0 Å². The number of hydrogen-bond donors (Lipinski definition) is 2. The molecule has 0 bridgehead atoms. The largest absolute Gasteiger partial charge is 0.461 e. The van der Waals surface area contributed by atoms with Crippen LogP contribution in [0.1, 0.15) is 73.6 Å². The molecule has 1 aromatic heterocycles. The van der Waals surface area contributed by atoms with Crippen molar-refractivity contribution in [3.63, 3.8) is 0 Å². The van der Waals surface area contributed by atoms with Crippen LogP contribution in [0.5, 0.6) is 0 Å². The van der Waals surface area contributed by atoms with Crippen LogP contribution in [0, 0.1) is 18.8 Å². The second kappa shape index (κ2) is 32.9. The highest BCUT2D eigenvalue weighted by Crippen LogP contribution is 2.32. The number of nitrogens with zero attached hydrogens (tertiary/aromatic N) is 5. The van der Waals surface area contributed by atoms with E-state index in [2.05, 4.69) is 28.7 Å². The van der Waals surface area contributed by atoms with Gasteiger partial charge in [0, 0.05) is 120 Å². The lowest BCUT2D eigenvalue weighted by atomic mass is 9.96. The molecule has 0 aliphatic carbocycles. The smallest absolute Gasteiger partial charge is 0.340 e. The van der Waals surface area contributed by atoms with Crippen LogP contribution in [0.4, 0.5) is 5.69 Å². The standard InChI is InChI=1S/C34H42N4O6S.C33H39N3O6/c1-4-32(39)35-19-9-8-14-27(24-33(40)44-25-26-12-6-5-7-13-26)34(41)37-20-22-38(23-21-37)45(42,43)31-18-11-15-28-29(31)16-10-17-30(28)36(2)3;1-3-30(37)34-14-8-7-11-27(21-31(38)41-23-25-9-5-4-6-10-25)32(39)36-17-15-35(16-18-36)22-28-20-26-13-12-24(2)19-29(26)42-33(28)40/h4-7,10-13,15-18,27H,1,8-9,14,19-25H2,2-3H3,(H,35,39);3-6,9-10,12-13,19-20,27H,1,7-8,11,14-18,21-23H2,2H3,(H,34,37)/t2*27-/m11/s1. The zero-order valence-corrected chi connectivity index (χ0v) is 51.0. The Balaban J connectivity index is 0.000000249. The van der Waals surface area contributed by atoms with Gasteiger partial charge in [-0.05, 0) is 85.7 Å². The SMILES string of the molecule is C=CC(=O)NCCCC[C@H](CC(=O)OCc1ccccc1)C(=O)N1CCN(Cc2cc3ccc(C)cc3oc2=O)CC1.C=CC(=O)NCCCC[C@H](CC(=O)OCc1ccccc1)C(=O)N1CCN(S(=O)(=O)c2cccc3c(N(C)C)cccc23)CC1. The molecule has 87 heavy (non-hydrogen) atoms. The predicted molar refractivity (Wildman–Crippen MR) is 335 cm³/mol. The summed E-state index contributed by atoms with van der Waals surface area (Å²) < 4.78 is 45.5. The van der Waals surface area contributed by atoms with Crippen molar-refractivity contribution in [2.75, 3.05) is 84.4 Å². The summed E-state index contributed by atoms with van der Waals surface area (Å²) in [7, 11) is 0.0179. The van der Waals surface area contributed by atoms with Crippen molar-refractivity contribution in [1.82, 2.24) is 29.6 Å². The number of ether oxygens (including phenoxy) is 2. The van der Waals surface area contributed by atoms with Crippen molar-refractivity contribution in [2.45, 2.75) is 82.9 Å². The second-order valence-electron chi connectivity index (χ2n) is 22.0. The number of piperazine rings is 2. The number of carbonyl (C=O) groups is 6. The Bertz CT molecular complexity index is 3510. The van der Waals surface area contributed by atoms with Gasteiger partial charge >= 0.3 is 17.6 Å². The molecule has 2 aliphatic heterocycles. The van der Waals surface area contributed by atoms with Crippen LogP contribution < -0.4 is 21.2 Å². The first-order valence-corrected chi connectivity index (χ1v) is 31.1. The summed E-state index contributed by atoms with van der Waals surface area (Å²) in [4.78, 5) is 96.0. The van der Waals surface area contributed by atoms with Gasteiger partial charge in [0.2, 0.25) is 33.7 Å². The van der Waals surface area contributed by atoms with E-state index in [4.69, 9.17) is 13.9 Å². The number of amides is 4. The van der Waals surface area contributed by atoms with Crippen LogP contribution >= 0.6 is 0 Å². The monoisotopic (exact) mass is 1210 g/mol. The lowest BCUT2D eigenvalue weighted by Crippen LogP contribution is -2.52. The number of anilines is 1. The summed E-state index contributed by atoms with van der Waals surface area (Å²) in [6.45, 7) is 13.4. The molecule has 3 heterocycles. The van der Waals surface area contributed by atoms with Crippen molar-refractivity contribution in [1.29, 1.82) is 0 Å². The van der Waals surface area contributed by atoms with Gasteiger partial charge in [0.05, 0.1) is 23.3 Å². The first-order chi connectivity index (χ1) is 41.9. The van der Waals surface area contributed by atoms with Gasteiger partial charge in [-0.25, -0.2) is 13.2 Å². The van der Waals surface area contributed by atoms with Crippen molar-refractivity contribution >= 4 is 73.0 Å². The van der Waals surface area contributed by atoms with Gasteiger partial charge in [0.1, 0.15) is 18.8 Å². The number of nitrogens with one attached hydrogen (secondary N) is 2. The average molecular weight is 1210 g/mol. The van der Waals surface area contributed by atoms with E-state index in [1.807, 2.05) is 135 Å². The number of benzene rings is 5. The molecular weight excluding hydrogens is 1130 g/mol. The number of unbranched alkanes of at least 4 members (excludes halogenated alkanes) is 2. The maximum Gasteiger partial charge on any atom is 0.340 e. The number of fused-ring (bicyclic) bond motifs is 2. The Morgan fingerprint density at radius 1 is 0.621 bits per heavy atom. The molecular formula is C67H81N7O12S. The van der Waals surface area contributed by atoms with Crippen molar-refractivity contribution in [3.05, 3.63) is 179 Å².